The van der Waals surface area contributed by atoms with Gasteiger partial charge in [0.25, 0.3) is 0 Å². The minimum Gasteiger partial charge on any atom is -0.444 e. The molecule has 0 saturated carbocycles. The molecule has 4 nitrogen and oxygen atoms in total. The smallest absolute Gasteiger partial charge is 0.416 e. The van der Waals surface area contributed by atoms with Crippen LogP contribution in [0, 0.1) is 0 Å². The van der Waals surface area contributed by atoms with Crippen molar-refractivity contribution in [3.05, 3.63) is 0 Å². The van der Waals surface area contributed by atoms with Crippen LogP contribution in [0.15, 0.2) is 0 Å². The molecule has 0 aromatic rings. The van der Waals surface area contributed by atoms with Crippen LogP contribution in [0.4, 0.5) is 18.0 Å². The molecule has 1 aliphatic heterocycles. The summed E-state index contributed by atoms with van der Waals surface area (Å²) in [5.41, 5.74) is -0.776. The minimum atomic E-state index is -4.73. The van der Waals surface area contributed by atoms with Crippen LogP contribution in [0.2, 0.25) is 0 Å². The Bertz CT molecular complexity index is 325. The highest BCUT2D eigenvalue weighted by Crippen LogP contribution is 2.30. The summed E-state index contributed by atoms with van der Waals surface area (Å²) in [5, 5.41) is 9.35. The largest absolute Gasteiger partial charge is 0.444 e. The molecule has 1 heterocycles. The molecule has 1 rings (SSSR count). The Kier molecular flexibility index (Phi) is 4.71. The minimum absolute atomic E-state index is 0.125. The average Bonchev–Trinajstić information content (AvgIpc) is 2.24. The molecule has 0 spiro atoms. The number of aliphatic hydroxyl groups excluding tert-OH is 1. The highest BCUT2D eigenvalue weighted by atomic mass is 19.4. The molecule has 0 radical (unpaired) electrons. The average molecular weight is 283 g/mol. The van der Waals surface area contributed by atoms with Crippen LogP contribution in [0.25, 0.3) is 0 Å². The van der Waals surface area contributed by atoms with E-state index in [-0.39, 0.29) is 13.0 Å². The van der Waals surface area contributed by atoms with Crippen molar-refractivity contribution in [3.8, 4) is 0 Å². The van der Waals surface area contributed by atoms with Crippen molar-refractivity contribution < 1.29 is 27.8 Å². The molecule has 1 N–H and O–H groups in total. The number of carbonyl (C=O) groups is 1. The second kappa shape index (κ2) is 5.56. The van der Waals surface area contributed by atoms with Crippen LogP contribution >= 0.6 is 0 Å². The zero-order chi connectivity index (χ0) is 14.8. The monoisotopic (exact) mass is 283 g/mol. The first-order chi connectivity index (χ1) is 8.52. The second-order valence-corrected chi connectivity index (χ2v) is 5.72. The SMILES string of the molecule is CC(C)(C)OC(=O)N1CCCCC1[C@H](O)C(F)(F)F. The van der Waals surface area contributed by atoms with Crippen molar-refractivity contribution in [1.29, 1.82) is 0 Å². The van der Waals surface area contributed by atoms with E-state index in [0.717, 1.165) is 4.90 Å². The van der Waals surface area contributed by atoms with Crippen LogP contribution in [0.5, 0.6) is 0 Å². The predicted molar refractivity (Wildman–Crippen MR) is 62.6 cm³/mol. The van der Waals surface area contributed by atoms with E-state index in [9.17, 15) is 23.1 Å². The topological polar surface area (TPSA) is 49.8 Å². The number of alkyl halides is 3. The number of piperidine rings is 1. The fourth-order valence-electron chi connectivity index (χ4n) is 2.05. The lowest BCUT2D eigenvalue weighted by Crippen LogP contribution is -2.55. The van der Waals surface area contributed by atoms with Crippen LogP contribution in [0.3, 0.4) is 0 Å². The van der Waals surface area contributed by atoms with Crippen molar-refractivity contribution in [1.82, 2.24) is 4.90 Å². The van der Waals surface area contributed by atoms with Crippen LogP contribution in [-0.2, 0) is 4.74 Å². The third-order valence-corrected chi connectivity index (χ3v) is 2.88. The Morgan fingerprint density at radius 2 is 1.89 bits per heavy atom. The van der Waals surface area contributed by atoms with E-state index in [1.54, 1.807) is 20.8 Å². The number of hydrogen-bond donors (Lipinski definition) is 1. The van der Waals surface area contributed by atoms with Gasteiger partial charge in [-0.3, -0.25) is 0 Å². The van der Waals surface area contributed by atoms with Crippen molar-refractivity contribution in [2.75, 3.05) is 6.54 Å². The molecule has 19 heavy (non-hydrogen) atoms. The molecule has 0 aromatic carbocycles. The highest BCUT2D eigenvalue weighted by Gasteiger charge is 2.48. The molecule has 0 aliphatic carbocycles. The number of aliphatic hydroxyl groups is 1. The Labute approximate surface area is 110 Å². The lowest BCUT2D eigenvalue weighted by molar-refractivity contribution is -0.222. The number of likely N-dealkylation sites (tertiary alicyclic amines) is 1. The van der Waals surface area contributed by atoms with E-state index in [1.807, 2.05) is 0 Å². The van der Waals surface area contributed by atoms with Gasteiger partial charge in [-0.1, -0.05) is 0 Å². The molecule has 0 aromatic heterocycles. The number of nitrogens with zero attached hydrogens (tertiary/aromatic N) is 1. The van der Waals surface area contributed by atoms with Gasteiger partial charge in [0.15, 0.2) is 6.10 Å². The maximum Gasteiger partial charge on any atom is 0.416 e. The third-order valence-electron chi connectivity index (χ3n) is 2.88. The summed E-state index contributed by atoms with van der Waals surface area (Å²) in [5.74, 6) is 0. The van der Waals surface area contributed by atoms with E-state index >= 15 is 0 Å². The fourth-order valence-corrected chi connectivity index (χ4v) is 2.05. The first-order valence-corrected chi connectivity index (χ1v) is 6.27. The Hall–Kier alpha value is -0.980. The van der Waals surface area contributed by atoms with Gasteiger partial charge in [0.2, 0.25) is 0 Å². The summed E-state index contributed by atoms with van der Waals surface area (Å²) >= 11 is 0. The van der Waals surface area contributed by atoms with Crippen molar-refractivity contribution in [2.45, 2.75) is 64.0 Å². The molecular formula is C12H20F3NO3. The van der Waals surface area contributed by atoms with E-state index in [4.69, 9.17) is 4.74 Å². The summed E-state index contributed by atoms with van der Waals surface area (Å²) in [6, 6.07) is -1.26. The van der Waals surface area contributed by atoms with E-state index in [2.05, 4.69) is 0 Å². The second-order valence-electron chi connectivity index (χ2n) is 5.72. The summed E-state index contributed by atoms with van der Waals surface area (Å²) in [7, 11) is 0. The number of amides is 1. The van der Waals surface area contributed by atoms with E-state index < -0.39 is 30.0 Å². The molecule has 0 bridgehead atoms. The molecule has 1 fully saturated rings. The van der Waals surface area contributed by atoms with Gasteiger partial charge in [-0.2, -0.15) is 13.2 Å². The number of rotatable bonds is 1. The molecular weight excluding hydrogens is 263 g/mol. The fraction of sp³-hybridized carbons (Fsp3) is 0.917. The molecule has 1 saturated heterocycles. The lowest BCUT2D eigenvalue weighted by Gasteiger charge is -2.39. The van der Waals surface area contributed by atoms with Gasteiger partial charge in [-0.25, -0.2) is 4.79 Å². The number of carbonyl (C=O) groups excluding carboxylic acids is 1. The van der Waals surface area contributed by atoms with E-state index in [1.165, 1.54) is 0 Å². The van der Waals surface area contributed by atoms with Crippen molar-refractivity contribution in [2.24, 2.45) is 0 Å². The van der Waals surface area contributed by atoms with Crippen molar-refractivity contribution >= 4 is 6.09 Å². The normalized spacial score (nSPS) is 23.1. The number of hydrogen-bond acceptors (Lipinski definition) is 3. The van der Waals surface area contributed by atoms with Gasteiger partial charge >= 0.3 is 12.3 Å². The zero-order valence-electron chi connectivity index (χ0n) is 11.3. The number of halogens is 3. The third kappa shape index (κ3) is 4.56. The molecule has 1 aliphatic rings. The maximum atomic E-state index is 12.6. The molecule has 112 valence electrons. The molecule has 1 amide bonds. The summed E-state index contributed by atoms with van der Waals surface area (Å²) in [6.45, 7) is 5.10. The summed E-state index contributed by atoms with van der Waals surface area (Å²) in [6.07, 6.45) is -6.78. The summed E-state index contributed by atoms with van der Waals surface area (Å²) < 4.78 is 42.8. The van der Waals surface area contributed by atoms with Gasteiger partial charge in [-0.15, -0.1) is 0 Å². The first kappa shape index (κ1) is 16.1. The van der Waals surface area contributed by atoms with Crippen molar-refractivity contribution in [3.63, 3.8) is 0 Å². The molecule has 7 heteroatoms. The standard InChI is InChI=1S/C12H20F3NO3/c1-11(2,3)19-10(18)16-7-5-4-6-8(16)9(17)12(13,14)15/h8-9,17H,4-7H2,1-3H3/t8?,9-/m0/s1. The summed E-state index contributed by atoms with van der Waals surface area (Å²) in [4.78, 5) is 12.9. The van der Waals surface area contributed by atoms with Gasteiger partial charge in [0.1, 0.15) is 5.60 Å². The Balaban J connectivity index is 2.81. The van der Waals surface area contributed by atoms with Crippen LogP contribution < -0.4 is 0 Å². The number of ether oxygens (including phenoxy) is 1. The quantitative estimate of drug-likeness (QED) is 0.805. The van der Waals surface area contributed by atoms with Crippen LogP contribution in [0.1, 0.15) is 40.0 Å². The highest BCUT2D eigenvalue weighted by molar-refractivity contribution is 5.68. The molecule has 1 unspecified atom stereocenters. The predicted octanol–water partition coefficient (Wildman–Crippen LogP) is 2.70. The Morgan fingerprint density at radius 3 is 2.37 bits per heavy atom. The van der Waals surface area contributed by atoms with Gasteiger partial charge in [-0.05, 0) is 40.0 Å². The molecule has 2 atom stereocenters. The van der Waals surface area contributed by atoms with Gasteiger partial charge < -0.3 is 14.7 Å². The Morgan fingerprint density at radius 1 is 1.32 bits per heavy atom. The van der Waals surface area contributed by atoms with Gasteiger partial charge in [0, 0.05) is 6.54 Å². The lowest BCUT2D eigenvalue weighted by atomic mass is 9.97. The zero-order valence-corrected chi connectivity index (χ0v) is 11.3. The maximum absolute atomic E-state index is 12.6. The van der Waals surface area contributed by atoms with Gasteiger partial charge in [0.05, 0.1) is 6.04 Å². The first-order valence-electron chi connectivity index (χ1n) is 6.27. The van der Waals surface area contributed by atoms with Crippen LogP contribution in [-0.4, -0.2) is 46.6 Å². The van der Waals surface area contributed by atoms with E-state index in [0.29, 0.717) is 12.8 Å².